The van der Waals surface area contributed by atoms with Crippen LogP contribution in [-0.4, -0.2) is 17.4 Å². The highest BCUT2D eigenvalue weighted by Crippen LogP contribution is 2.38. The van der Waals surface area contributed by atoms with Crippen LogP contribution in [0.1, 0.15) is 29.2 Å². The molecule has 0 radical (unpaired) electrons. The number of carbonyl (C=O) groups excluding carboxylic acids is 1. The lowest BCUT2D eigenvalue weighted by atomic mass is 10.1. The van der Waals surface area contributed by atoms with Gasteiger partial charge in [0.1, 0.15) is 18.2 Å². The topological polar surface area (TPSA) is 114 Å². The van der Waals surface area contributed by atoms with Gasteiger partial charge in [0.05, 0.1) is 22.2 Å². The van der Waals surface area contributed by atoms with E-state index in [0.717, 1.165) is 11.1 Å². The van der Waals surface area contributed by atoms with E-state index in [1.54, 1.807) is 19.1 Å². The monoisotopic (exact) mass is 505 g/mol. The summed E-state index contributed by atoms with van der Waals surface area (Å²) in [6.07, 6.45) is 1.36. The first kappa shape index (κ1) is 26.3. The number of hydrogen-bond acceptors (Lipinski definition) is 6. The molecule has 36 heavy (non-hydrogen) atoms. The van der Waals surface area contributed by atoms with E-state index in [0.29, 0.717) is 29.2 Å². The predicted octanol–water partition coefficient (Wildman–Crippen LogP) is 6.39. The minimum Gasteiger partial charge on any atom is -0.490 e. The number of non-ortho nitro benzene ring substituents is 1. The number of nitrogens with one attached hydrogen (secondary N) is 1. The second-order valence-corrected chi connectivity index (χ2v) is 8.27. The second kappa shape index (κ2) is 11.9. The largest absolute Gasteiger partial charge is 0.490 e. The van der Waals surface area contributed by atoms with E-state index in [1.165, 1.54) is 24.3 Å². The lowest BCUT2D eigenvalue weighted by Gasteiger charge is -2.15. The first-order chi connectivity index (χ1) is 17.2. The van der Waals surface area contributed by atoms with Crippen LogP contribution in [0.15, 0.2) is 60.2 Å². The average molecular weight is 506 g/mol. The van der Waals surface area contributed by atoms with Crippen molar-refractivity contribution in [1.29, 1.82) is 5.26 Å². The van der Waals surface area contributed by atoms with E-state index in [1.807, 2.05) is 44.2 Å². The van der Waals surface area contributed by atoms with Gasteiger partial charge in [-0.3, -0.25) is 14.9 Å². The zero-order valence-electron chi connectivity index (χ0n) is 20.0. The van der Waals surface area contributed by atoms with Gasteiger partial charge in [0.2, 0.25) is 0 Å². The number of amides is 1. The summed E-state index contributed by atoms with van der Waals surface area (Å²) in [4.78, 5) is 23.3. The second-order valence-electron chi connectivity index (χ2n) is 7.86. The van der Waals surface area contributed by atoms with Crippen LogP contribution in [-0.2, 0) is 11.4 Å². The molecule has 9 heteroatoms. The molecule has 0 unspecified atom stereocenters. The van der Waals surface area contributed by atoms with Crippen LogP contribution in [0.3, 0.4) is 0 Å². The molecule has 0 saturated heterocycles. The zero-order chi connectivity index (χ0) is 26.2. The van der Waals surface area contributed by atoms with Gasteiger partial charge in [-0.2, -0.15) is 5.26 Å². The number of rotatable bonds is 9. The van der Waals surface area contributed by atoms with E-state index >= 15 is 0 Å². The summed E-state index contributed by atoms with van der Waals surface area (Å²) < 4.78 is 11.7. The van der Waals surface area contributed by atoms with Gasteiger partial charge < -0.3 is 14.8 Å². The molecular formula is C27H24ClN3O5. The standard InChI is InChI=1S/C27H24ClN3O5/c1-4-35-25-13-19(12-23(28)26(25)36-16-20-8-6-5-7-17(20)2)11-21(15-29)27(32)30-24-14-22(31(33)34)10-9-18(24)3/h5-14H,4,16H2,1-3H3,(H,30,32)/b21-11+. The molecule has 8 nitrogen and oxygen atoms in total. The molecule has 1 amide bonds. The Morgan fingerprint density at radius 3 is 2.56 bits per heavy atom. The molecule has 0 saturated carbocycles. The summed E-state index contributed by atoms with van der Waals surface area (Å²) in [5.41, 5.74) is 3.00. The molecule has 0 aliphatic rings. The number of nitriles is 1. The third kappa shape index (κ3) is 6.40. The van der Waals surface area contributed by atoms with Crippen molar-refractivity contribution in [2.45, 2.75) is 27.4 Å². The Balaban J connectivity index is 1.88. The van der Waals surface area contributed by atoms with E-state index in [2.05, 4.69) is 5.32 Å². The predicted molar refractivity (Wildman–Crippen MR) is 138 cm³/mol. The Morgan fingerprint density at radius 1 is 1.14 bits per heavy atom. The van der Waals surface area contributed by atoms with Gasteiger partial charge in [0.15, 0.2) is 11.5 Å². The van der Waals surface area contributed by atoms with Crippen LogP contribution < -0.4 is 14.8 Å². The number of anilines is 1. The van der Waals surface area contributed by atoms with Gasteiger partial charge in [0.25, 0.3) is 11.6 Å². The Bertz CT molecular complexity index is 1380. The SMILES string of the molecule is CCOc1cc(/C=C(\C#N)C(=O)Nc2cc([N+](=O)[O-])ccc2C)cc(Cl)c1OCc1ccccc1C. The van der Waals surface area contributed by atoms with Crippen LogP contribution in [0, 0.1) is 35.3 Å². The summed E-state index contributed by atoms with van der Waals surface area (Å²) in [5, 5.41) is 23.5. The van der Waals surface area contributed by atoms with Gasteiger partial charge in [-0.1, -0.05) is 41.9 Å². The first-order valence-electron chi connectivity index (χ1n) is 11.0. The molecule has 0 heterocycles. The van der Waals surface area contributed by atoms with E-state index in [4.69, 9.17) is 21.1 Å². The van der Waals surface area contributed by atoms with Crippen LogP contribution in [0.4, 0.5) is 11.4 Å². The minimum absolute atomic E-state index is 0.173. The van der Waals surface area contributed by atoms with Crippen LogP contribution >= 0.6 is 11.6 Å². The minimum atomic E-state index is -0.713. The molecule has 0 spiro atoms. The quantitative estimate of drug-likeness (QED) is 0.156. The van der Waals surface area contributed by atoms with Crippen LogP contribution in [0.5, 0.6) is 11.5 Å². The van der Waals surface area contributed by atoms with Crippen molar-refractivity contribution < 1.29 is 19.2 Å². The fraction of sp³-hybridized carbons (Fsp3) is 0.185. The molecule has 0 bridgehead atoms. The molecular weight excluding hydrogens is 482 g/mol. The van der Waals surface area contributed by atoms with Crippen LogP contribution in [0.2, 0.25) is 5.02 Å². The maximum Gasteiger partial charge on any atom is 0.271 e. The zero-order valence-corrected chi connectivity index (χ0v) is 20.8. The normalized spacial score (nSPS) is 10.9. The fourth-order valence-corrected chi connectivity index (χ4v) is 3.63. The van der Waals surface area contributed by atoms with Crippen molar-refractivity contribution in [3.8, 4) is 17.6 Å². The number of hydrogen-bond donors (Lipinski definition) is 1. The summed E-state index contributed by atoms with van der Waals surface area (Å²) in [5.74, 6) is 0.0150. The van der Waals surface area contributed by atoms with Gasteiger partial charge in [-0.05, 0) is 61.2 Å². The van der Waals surface area contributed by atoms with Crippen molar-refractivity contribution in [3.63, 3.8) is 0 Å². The highest BCUT2D eigenvalue weighted by atomic mass is 35.5. The van der Waals surface area contributed by atoms with Crippen molar-refractivity contribution in [3.05, 3.63) is 97.6 Å². The van der Waals surface area contributed by atoms with Crippen molar-refractivity contribution >= 4 is 35.0 Å². The van der Waals surface area contributed by atoms with Gasteiger partial charge in [0, 0.05) is 12.1 Å². The number of halogens is 1. The summed E-state index contributed by atoms with van der Waals surface area (Å²) in [6, 6.07) is 17.0. The van der Waals surface area contributed by atoms with Crippen molar-refractivity contribution in [2.24, 2.45) is 0 Å². The number of ether oxygens (including phenoxy) is 2. The summed E-state index contributed by atoms with van der Waals surface area (Å²) >= 11 is 6.50. The van der Waals surface area contributed by atoms with Crippen molar-refractivity contribution in [2.75, 3.05) is 11.9 Å². The molecule has 0 aliphatic heterocycles. The summed E-state index contributed by atoms with van der Waals surface area (Å²) in [6.45, 7) is 6.13. The molecule has 3 rings (SSSR count). The Morgan fingerprint density at radius 2 is 1.89 bits per heavy atom. The molecule has 1 N–H and O–H groups in total. The molecule has 184 valence electrons. The summed E-state index contributed by atoms with van der Waals surface area (Å²) in [7, 11) is 0. The fourth-order valence-electron chi connectivity index (χ4n) is 3.36. The number of nitrogens with zero attached hydrogens (tertiary/aromatic N) is 2. The average Bonchev–Trinajstić information content (AvgIpc) is 2.84. The number of nitro groups is 1. The van der Waals surface area contributed by atoms with Gasteiger partial charge in [-0.25, -0.2) is 0 Å². The van der Waals surface area contributed by atoms with E-state index in [9.17, 15) is 20.2 Å². The van der Waals surface area contributed by atoms with Gasteiger partial charge in [-0.15, -0.1) is 0 Å². The molecule has 3 aromatic rings. The van der Waals surface area contributed by atoms with Crippen LogP contribution in [0.25, 0.3) is 6.08 Å². The van der Waals surface area contributed by atoms with E-state index in [-0.39, 0.29) is 28.6 Å². The lowest BCUT2D eigenvalue weighted by Crippen LogP contribution is -2.14. The third-order valence-corrected chi connectivity index (χ3v) is 5.60. The molecule has 0 aromatic heterocycles. The third-order valence-electron chi connectivity index (χ3n) is 5.32. The molecule has 0 fully saturated rings. The molecule has 0 atom stereocenters. The number of nitro benzene ring substituents is 1. The Kier molecular flexibility index (Phi) is 8.66. The number of carbonyl (C=O) groups is 1. The number of aryl methyl sites for hydroxylation is 2. The Labute approximate surface area is 213 Å². The Hall–Kier alpha value is -4.35. The maximum atomic E-state index is 12.8. The van der Waals surface area contributed by atoms with Crippen molar-refractivity contribution in [1.82, 2.24) is 0 Å². The highest BCUT2D eigenvalue weighted by molar-refractivity contribution is 6.32. The molecule has 0 aliphatic carbocycles. The smallest absolute Gasteiger partial charge is 0.271 e. The number of benzene rings is 3. The highest BCUT2D eigenvalue weighted by Gasteiger charge is 2.17. The van der Waals surface area contributed by atoms with Gasteiger partial charge >= 0.3 is 0 Å². The first-order valence-corrected chi connectivity index (χ1v) is 11.4. The lowest BCUT2D eigenvalue weighted by molar-refractivity contribution is -0.384. The van der Waals surface area contributed by atoms with E-state index < -0.39 is 10.8 Å². The maximum absolute atomic E-state index is 12.8. The molecule has 3 aromatic carbocycles.